The Bertz CT molecular complexity index is 530. The molecule has 1 aliphatic heterocycles. The largest absolute Gasteiger partial charge is 0.479 e. The van der Waals surface area contributed by atoms with E-state index in [1.807, 2.05) is 19.1 Å². The number of carboxylic acids is 1. The molecule has 0 aromatic heterocycles. The maximum absolute atomic E-state index is 12.1. The van der Waals surface area contributed by atoms with Gasteiger partial charge in [0.1, 0.15) is 0 Å². The highest BCUT2D eigenvalue weighted by Crippen LogP contribution is 2.27. The van der Waals surface area contributed by atoms with E-state index in [2.05, 4.69) is 11.4 Å². The first-order chi connectivity index (χ1) is 9.49. The first kappa shape index (κ1) is 14.3. The molecule has 3 N–H and O–H groups in total. The van der Waals surface area contributed by atoms with Gasteiger partial charge in [0.2, 0.25) is 0 Å². The van der Waals surface area contributed by atoms with Crippen molar-refractivity contribution in [1.29, 1.82) is 0 Å². The quantitative estimate of drug-likeness (QED) is 0.766. The zero-order chi connectivity index (χ0) is 14.7. The Morgan fingerprint density at radius 2 is 2.20 bits per heavy atom. The highest BCUT2D eigenvalue weighted by Gasteiger charge is 2.23. The average Bonchev–Trinajstić information content (AvgIpc) is 2.43. The number of hydrogen-bond acceptors (Lipinski definition) is 3. The van der Waals surface area contributed by atoms with Crippen LogP contribution in [0, 0.1) is 6.92 Å². The van der Waals surface area contributed by atoms with Crippen LogP contribution in [0.5, 0.6) is 0 Å². The summed E-state index contributed by atoms with van der Waals surface area (Å²) < 4.78 is 0. The van der Waals surface area contributed by atoms with Crippen LogP contribution in [0.2, 0.25) is 0 Å². The second-order valence-corrected chi connectivity index (χ2v) is 4.93. The van der Waals surface area contributed by atoms with E-state index >= 15 is 0 Å². The Morgan fingerprint density at radius 3 is 2.90 bits per heavy atom. The van der Waals surface area contributed by atoms with Gasteiger partial charge in [0.05, 0.1) is 6.54 Å². The van der Waals surface area contributed by atoms with Crippen molar-refractivity contribution in [3.8, 4) is 0 Å². The van der Waals surface area contributed by atoms with Crippen molar-refractivity contribution in [2.24, 2.45) is 0 Å². The minimum atomic E-state index is -1.58. The van der Waals surface area contributed by atoms with Crippen LogP contribution in [0.1, 0.15) is 17.5 Å². The Hall–Kier alpha value is -2.08. The van der Waals surface area contributed by atoms with Gasteiger partial charge in [-0.05, 0) is 31.4 Å². The van der Waals surface area contributed by atoms with Gasteiger partial charge < -0.3 is 15.5 Å². The number of hydrogen-bond donors (Lipinski definition) is 3. The molecule has 0 radical (unpaired) electrons. The highest BCUT2D eigenvalue weighted by molar-refractivity contribution is 5.93. The number of aliphatic hydroxyl groups excluding tert-OH is 1. The Balaban J connectivity index is 2.07. The molecule has 0 saturated carbocycles. The molecule has 1 heterocycles. The normalized spacial score (nSPS) is 15.4. The lowest BCUT2D eigenvalue weighted by Gasteiger charge is -2.30. The molecule has 0 spiro atoms. The van der Waals surface area contributed by atoms with Gasteiger partial charge in [-0.15, -0.1) is 0 Å². The van der Waals surface area contributed by atoms with Crippen molar-refractivity contribution in [3.05, 3.63) is 29.3 Å². The monoisotopic (exact) mass is 278 g/mol. The zero-order valence-electron chi connectivity index (χ0n) is 11.3. The van der Waals surface area contributed by atoms with Crippen LogP contribution in [0.25, 0.3) is 0 Å². The summed E-state index contributed by atoms with van der Waals surface area (Å²) in [5.41, 5.74) is 3.11. The number of nitrogens with zero attached hydrogens (tertiary/aromatic N) is 1. The summed E-state index contributed by atoms with van der Waals surface area (Å²) in [6.07, 6.45) is 0.213. The first-order valence-corrected chi connectivity index (χ1v) is 6.55. The van der Waals surface area contributed by atoms with Gasteiger partial charge in [-0.3, -0.25) is 4.90 Å². The van der Waals surface area contributed by atoms with Crippen LogP contribution in [-0.4, -0.2) is 41.4 Å². The number of aliphatic carboxylic acids is 1. The number of aryl methyl sites for hydroxylation is 2. The van der Waals surface area contributed by atoms with Crippen LogP contribution in [-0.2, 0) is 11.2 Å². The third kappa shape index (κ3) is 3.08. The highest BCUT2D eigenvalue weighted by atomic mass is 16.4. The molecule has 20 heavy (non-hydrogen) atoms. The predicted octanol–water partition coefficient (Wildman–Crippen LogP) is 0.903. The van der Waals surface area contributed by atoms with Gasteiger partial charge in [0.25, 0.3) is 0 Å². The van der Waals surface area contributed by atoms with E-state index in [4.69, 9.17) is 5.11 Å². The van der Waals surface area contributed by atoms with Gasteiger partial charge in [0.15, 0.2) is 6.10 Å². The van der Waals surface area contributed by atoms with E-state index < -0.39 is 12.1 Å². The molecular weight excluding hydrogens is 260 g/mol. The number of urea groups is 1. The lowest BCUT2D eigenvalue weighted by molar-refractivity contribution is -0.146. The lowest BCUT2D eigenvalue weighted by atomic mass is 10.00. The van der Waals surface area contributed by atoms with Gasteiger partial charge in [-0.1, -0.05) is 17.7 Å². The van der Waals surface area contributed by atoms with E-state index in [9.17, 15) is 14.7 Å². The summed E-state index contributed by atoms with van der Waals surface area (Å²) in [5.74, 6) is -1.35. The fourth-order valence-corrected chi connectivity index (χ4v) is 2.30. The average molecular weight is 278 g/mol. The third-order valence-electron chi connectivity index (χ3n) is 3.33. The van der Waals surface area contributed by atoms with Crippen LogP contribution in [0.4, 0.5) is 10.5 Å². The second-order valence-electron chi connectivity index (χ2n) is 4.93. The fraction of sp³-hybridized carbons (Fsp3) is 0.429. The van der Waals surface area contributed by atoms with Crippen molar-refractivity contribution in [2.45, 2.75) is 25.9 Å². The third-order valence-corrected chi connectivity index (χ3v) is 3.33. The summed E-state index contributed by atoms with van der Waals surface area (Å²) in [7, 11) is 0. The number of carboxylic acid groups (broad SMARTS) is 1. The van der Waals surface area contributed by atoms with Crippen molar-refractivity contribution in [1.82, 2.24) is 5.32 Å². The summed E-state index contributed by atoms with van der Waals surface area (Å²) in [6, 6.07) is 5.52. The molecule has 0 bridgehead atoms. The van der Waals surface area contributed by atoms with Crippen LogP contribution < -0.4 is 10.2 Å². The van der Waals surface area contributed by atoms with Crippen molar-refractivity contribution in [3.63, 3.8) is 0 Å². The molecule has 2 rings (SSSR count). The van der Waals surface area contributed by atoms with E-state index in [0.717, 1.165) is 29.7 Å². The number of aliphatic hydroxyl groups is 1. The zero-order valence-corrected chi connectivity index (χ0v) is 11.3. The Labute approximate surface area is 117 Å². The number of fused-ring (bicyclic) bond motifs is 1. The summed E-state index contributed by atoms with van der Waals surface area (Å²) >= 11 is 0. The summed E-state index contributed by atoms with van der Waals surface area (Å²) in [4.78, 5) is 24.2. The summed E-state index contributed by atoms with van der Waals surface area (Å²) in [5, 5.41) is 20.2. The number of carbonyl (C=O) groups excluding carboxylic acids is 1. The maximum Gasteiger partial charge on any atom is 0.334 e. The molecule has 0 saturated heterocycles. The smallest absolute Gasteiger partial charge is 0.334 e. The van der Waals surface area contributed by atoms with Crippen LogP contribution >= 0.6 is 0 Å². The van der Waals surface area contributed by atoms with Gasteiger partial charge in [-0.25, -0.2) is 9.59 Å². The molecule has 108 valence electrons. The molecule has 0 aliphatic carbocycles. The number of anilines is 1. The van der Waals surface area contributed by atoms with E-state index in [1.54, 1.807) is 4.90 Å². The van der Waals surface area contributed by atoms with Gasteiger partial charge >= 0.3 is 12.0 Å². The van der Waals surface area contributed by atoms with Crippen molar-refractivity contribution in [2.75, 3.05) is 18.0 Å². The molecule has 6 nitrogen and oxygen atoms in total. The molecule has 1 aromatic rings. The van der Waals surface area contributed by atoms with Crippen molar-refractivity contribution < 1.29 is 19.8 Å². The van der Waals surface area contributed by atoms with Gasteiger partial charge in [-0.2, -0.15) is 0 Å². The molecule has 1 aromatic carbocycles. The molecular formula is C14H18N2O4. The number of carbonyl (C=O) groups is 2. The van der Waals surface area contributed by atoms with E-state index in [0.29, 0.717) is 6.54 Å². The minimum Gasteiger partial charge on any atom is -0.479 e. The minimum absolute atomic E-state index is 0.300. The second kappa shape index (κ2) is 5.92. The molecule has 1 unspecified atom stereocenters. The fourth-order valence-electron chi connectivity index (χ4n) is 2.30. The topological polar surface area (TPSA) is 89.9 Å². The summed E-state index contributed by atoms with van der Waals surface area (Å²) in [6.45, 7) is 2.29. The number of rotatable bonds is 3. The standard InChI is InChI=1S/C14H18N2O4/c1-9-4-5-11-10(7-9)3-2-6-16(11)14(20)15-8-12(17)13(18)19/h4-5,7,12,17H,2-3,6,8H2,1H3,(H,15,20)(H,18,19). The SMILES string of the molecule is Cc1ccc2c(c1)CCCN2C(=O)NCC(O)C(=O)O. The Kier molecular flexibility index (Phi) is 4.24. The predicted molar refractivity (Wildman–Crippen MR) is 73.9 cm³/mol. The Morgan fingerprint density at radius 1 is 1.45 bits per heavy atom. The maximum atomic E-state index is 12.1. The number of nitrogens with one attached hydrogen (secondary N) is 1. The van der Waals surface area contributed by atoms with Crippen LogP contribution in [0.15, 0.2) is 18.2 Å². The van der Waals surface area contributed by atoms with E-state index in [1.165, 1.54) is 0 Å². The van der Waals surface area contributed by atoms with Crippen molar-refractivity contribution >= 4 is 17.7 Å². The molecule has 1 atom stereocenters. The first-order valence-electron chi connectivity index (χ1n) is 6.55. The molecule has 2 amide bonds. The number of benzene rings is 1. The van der Waals surface area contributed by atoms with Crippen LogP contribution in [0.3, 0.4) is 0 Å². The van der Waals surface area contributed by atoms with E-state index in [-0.39, 0.29) is 12.6 Å². The molecule has 6 heteroatoms. The molecule has 1 aliphatic rings. The van der Waals surface area contributed by atoms with Gasteiger partial charge in [0, 0.05) is 12.2 Å². The molecule has 0 fully saturated rings. The lowest BCUT2D eigenvalue weighted by Crippen LogP contribution is -2.46. The number of amides is 2.